The third-order valence-electron chi connectivity index (χ3n) is 2.20. The summed E-state index contributed by atoms with van der Waals surface area (Å²) in [6.07, 6.45) is 3.99. The van der Waals surface area contributed by atoms with Crippen LogP contribution in [-0.2, 0) is 4.79 Å². The zero-order valence-corrected chi connectivity index (χ0v) is 9.80. The van der Waals surface area contributed by atoms with Crippen molar-refractivity contribution in [3.05, 3.63) is 41.5 Å². The van der Waals surface area contributed by atoms with Crippen molar-refractivity contribution in [2.45, 2.75) is 6.42 Å². The smallest absolute Gasteiger partial charge is 0.322 e. The standard InChI is InChI=1S/C13H15NO4/c15-8-4-3-6-10-5-1-2-7-11(10)13(18)14-9-12(16)17/h1-3,5-7,15H,4,8-9H2,(H,14,18)(H,16,17). The zero-order chi connectivity index (χ0) is 13.4. The van der Waals surface area contributed by atoms with Gasteiger partial charge in [0.25, 0.3) is 5.91 Å². The second-order valence-electron chi connectivity index (χ2n) is 3.58. The average Bonchev–Trinajstić information content (AvgIpc) is 2.37. The van der Waals surface area contributed by atoms with Gasteiger partial charge >= 0.3 is 5.97 Å². The lowest BCUT2D eigenvalue weighted by molar-refractivity contribution is -0.135. The third kappa shape index (κ3) is 4.39. The van der Waals surface area contributed by atoms with Crippen LogP contribution in [0.5, 0.6) is 0 Å². The van der Waals surface area contributed by atoms with E-state index in [-0.39, 0.29) is 6.61 Å². The number of aliphatic carboxylic acids is 1. The van der Waals surface area contributed by atoms with E-state index in [1.165, 1.54) is 0 Å². The van der Waals surface area contributed by atoms with E-state index in [1.54, 1.807) is 36.4 Å². The monoisotopic (exact) mass is 249 g/mol. The molecule has 0 bridgehead atoms. The van der Waals surface area contributed by atoms with Gasteiger partial charge in [-0.05, 0) is 18.1 Å². The van der Waals surface area contributed by atoms with E-state index in [9.17, 15) is 9.59 Å². The molecule has 0 atom stereocenters. The number of carbonyl (C=O) groups excluding carboxylic acids is 1. The first kappa shape index (κ1) is 13.9. The van der Waals surface area contributed by atoms with Crippen LogP contribution < -0.4 is 5.32 Å². The maximum atomic E-state index is 11.7. The number of hydrogen-bond donors (Lipinski definition) is 3. The Morgan fingerprint density at radius 3 is 2.67 bits per heavy atom. The molecule has 0 aromatic heterocycles. The SMILES string of the molecule is O=C(O)CNC(=O)c1ccccc1C=CCCO. The number of carboxylic acids is 1. The molecule has 1 aromatic carbocycles. The lowest BCUT2D eigenvalue weighted by Gasteiger charge is -2.05. The predicted molar refractivity (Wildman–Crippen MR) is 67.1 cm³/mol. The van der Waals surface area contributed by atoms with Crippen LogP contribution in [0.25, 0.3) is 6.08 Å². The summed E-state index contributed by atoms with van der Waals surface area (Å²) in [6.45, 7) is -0.364. The number of amides is 1. The number of aliphatic hydroxyl groups is 1. The van der Waals surface area contributed by atoms with Crippen LogP contribution in [0.3, 0.4) is 0 Å². The molecule has 1 rings (SSSR count). The fourth-order valence-electron chi connectivity index (χ4n) is 1.39. The van der Waals surface area contributed by atoms with Crippen molar-refractivity contribution in [2.24, 2.45) is 0 Å². The Labute approximate surface area is 105 Å². The van der Waals surface area contributed by atoms with Crippen LogP contribution >= 0.6 is 0 Å². The van der Waals surface area contributed by atoms with Crippen LogP contribution in [0.2, 0.25) is 0 Å². The summed E-state index contributed by atoms with van der Waals surface area (Å²) in [6, 6.07) is 6.87. The Morgan fingerprint density at radius 2 is 2.00 bits per heavy atom. The zero-order valence-electron chi connectivity index (χ0n) is 9.80. The first-order valence-electron chi connectivity index (χ1n) is 5.51. The van der Waals surface area contributed by atoms with Crippen molar-refractivity contribution in [2.75, 3.05) is 13.2 Å². The molecule has 0 heterocycles. The van der Waals surface area contributed by atoms with Gasteiger partial charge in [0.2, 0.25) is 0 Å². The highest BCUT2D eigenvalue weighted by molar-refractivity contribution is 5.98. The second kappa shape index (κ2) is 7.24. The topological polar surface area (TPSA) is 86.6 Å². The van der Waals surface area contributed by atoms with Crippen molar-refractivity contribution in [3.63, 3.8) is 0 Å². The lowest BCUT2D eigenvalue weighted by atomic mass is 10.1. The summed E-state index contributed by atoms with van der Waals surface area (Å²) in [5, 5.41) is 19.5. The fourth-order valence-corrected chi connectivity index (χ4v) is 1.39. The van der Waals surface area contributed by atoms with Gasteiger partial charge in [0.05, 0.1) is 0 Å². The van der Waals surface area contributed by atoms with E-state index in [0.717, 1.165) is 0 Å². The van der Waals surface area contributed by atoms with Gasteiger partial charge in [-0.1, -0.05) is 30.4 Å². The molecule has 0 saturated heterocycles. The second-order valence-corrected chi connectivity index (χ2v) is 3.58. The molecule has 0 aliphatic rings. The molecular weight excluding hydrogens is 234 g/mol. The van der Waals surface area contributed by atoms with Crippen molar-refractivity contribution in [1.82, 2.24) is 5.32 Å². The van der Waals surface area contributed by atoms with Gasteiger partial charge in [-0.25, -0.2) is 0 Å². The van der Waals surface area contributed by atoms with Crippen molar-refractivity contribution in [3.8, 4) is 0 Å². The minimum atomic E-state index is -1.09. The molecular formula is C13H15NO4. The molecule has 5 nitrogen and oxygen atoms in total. The Kier molecular flexibility index (Phi) is 5.60. The quantitative estimate of drug-likeness (QED) is 0.699. The minimum absolute atomic E-state index is 0.0455. The van der Waals surface area contributed by atoms with Gasteiger partial charge < -0.3 is 15.5 Å². The largest absolute Gasteiger partial charge is 0.480 e. The molecule has 0 aliphatic heterocycles. The molecule has 0 fully saturated rings. The Bertz CT molecular complexity index is 454. The molecule has 1 amide bonds. The first-order valence-corrected chi connectivity index (χ1v) is 5.51. The van der Waals surface area contributed by atoms with Crippen LogP contribution in [0, 0.1) is 0 Å². The molecule has 0 aliphatic carbocycles. The van der Waals surface area contributed by atoms with Crippen LogP contribution in [0.4, 0.5) is 0 Å². The van der Waals surface area contributed by atoms with Gasteiger partial charge in [0, 0.05) is 12.2 Å². The fraction of sp³-hybridized carbons (Fsp3) is 0.231. The minimum Gasteiger partial charge on any atom is -0.480 e. The predicted octanol–water partition coefficient (Wildman–Crippen LogP) is 0.897. The van der Waals surface area contributed by atoms with E-state index in [2.05, 4.69) is 5.32 Å². The third-order valence-corrected chi connectivity index (χ3v) is 2.20. The highest BCUT2D eigenvalue weighted by atomic mass is 16.4. The summed E-state index contributed by atoms with van der Waals surface area (Å²) >= 11 is 0. The highest BCUT2D eigenvalue weighted by Crippen LogP contribution is 2.11. The Balaban J connectivity index is 2.80. The lowest BCUT2D eigenvalue weighted by Crippen LogP contribution is -2.29. The van der Waals surface area contributed by atoms with Gasteiger partial charge in [0.1, 0.15) is 6.54 Å². The van der Waals surface area contributed by atoms with E-state index < -0.39 is 18.4 Å². The summed E-state index contributed by atoms with van der Waals surface area (Å²) in [7, 11) is 0. The van der Waals surface area contributed by atoms with Crippen LogP contribution in [-0.4, -0.2) is 35.2 Å². The van der Waals surface area contributed by atoms with E-state index >= 15 is 0 Å². The number of benzene rings is 1. The Hall–Kier alpha value is -2.14. The van der Waals surface area contributed by atoms with Crippen molar-refractivity contribution in [1.29, 1.82) is 0 Å². The maximum Gasteiger partial charge on any atom is 0.322 e. The van der Waals surface area contributed by atoms with Crippen LogP contribution in [0.15, 0.2) is 30.3 Å². The molecule has 0 saturated carbocycles. The van der Waals surface area contributed by atoms with Crippen LogP contribution in [0.1, 0.15) is 22.3 Å². The number of hydrogen-bond acceptors (Lipinski definition) is 3. The molecule has 96 valence electrons. The first-order chi connectivity index (χ1) is 8.65. The molecule has 0 spiro atoms. The van der Waals surface area contributed by atoms with E-state index in [4.69, 9.17) is 10.2 Å². The molecule has 18 heavy (non-hydrogen) atoms. The molecule has 0 radical (unpaired) electrons. The Morgan fingerprint density at radius 1 is 1.28 bits per heavy atom. The van der Waals surface area contributed by atoms with E-state index in [0.29, 0.717) is 17.5 Å². The molecule has 0 unspecified atom stereocenters. The number of nitrogens with one attached hydrogen (secondary N) is 1. The van der Waals surface area contributed by atoms with Crippen molar-refractivity contribution >= 4 is 18.0 Å². The molecule has 1 aromatic rings. The number of aliphatic hydroxyl groups excluding tert-OH is 1. The highest BCUT2D eigenvalue weighted by Gasteiger charge is 2.09. The summed E-state index contributed by atoms with van der Waals surface area (Å²) < 4.78 is 0. The van der Waals surface area contributed by atoms with Gasteiger partial charge in [-0.2, -0.15) is 0 Å². The average molecular weight is 249 g/mol. The summed E-state index contributed by atoms with van der Waals surface area (Å²) in [5.74, 6) is -1.52. The summed E-state index contributed by atoms with van der Waals surface area (Å²) in [4.78, 5) is 22.1. The molecule has 3 N–H and O–H groups in total. The van der Waals surface area contributed by atoms with Crippen molar-refractivity contribution < 1.29 is 19.8 Å². The number of carboxylic acid groups (broad SMARTS) is 1. The van der Waals surface area contributed by atoms with Gasteiger partial charge in [0.15, 0.2) is 0 Å². The number of rotatable bonds is 6. The molecule has 5 heteroatoms. The van der Waals surface area contributed by atoms with Gasteiger partial charge in [-0.3, -0.25) is 9.59 Å². The van der Waals surface area contributed by atoms with E-state index in [1.807, 2.05) is 0 Å². The normalized spacial score (nSPS) is 10.5. The maximum absolute atomic E-state index is 11.7. The summed E-state index contributed by atoms with van der Waals surface area (Å²) in [5.41, 5.74) is 1.10. The van der Waals surface area contributed by atoms with Gasteiger partial charge in [-0.15, -0.1) is 0 Å². The number of carbonyl (C=O) groups is 2.